The topological polar surface area (TPSA) is 26.3 Å². The quantitative estimate of drug-likeness (QED) is 0.713. The average Bonchev–Trinajstić information content (AvgIpc) is 2.15. The maximum Gasteiger partial charge on any atom is 0.455 e. The lowest BCUT2D eigenvalue weighted by Crippen LogP contribution is -2.24. The van der Waals surface area contributed by atoms with Gasteiger partial charge in [-0.15, -0.1) is 0 Å². The maximum atomic E-state index is 12.2. The van der Waals surface area contributed by atoms with Crippen LogP contribution in [0, 0.1) is 6.92 Å². The zero-order valence-electron chi connectivity index (χ0n) is 8.18. The van der Waals surface area contributed by atoms with E-state index in [2.05, 4.69) is 0 Å². The van der Waals surface area contributed by atoms with Crippen molar-refractivity contribution in [3.05, 3.63) is 29.3 Å². The number of aryl methyl sites for hydroxylation is 1. The molecule has 0 aromatic heterocycles. The van der Waals surface area contributed by atoms with Gasteiger partial charge in [-0.2, -0.15) is 13.2 Å². The lowest BCUT2D eigenvalue weighted by Gasteiger charge is -2.11. The van der Waals surface area contributed by atoms with Gasteiger partial charge < -0.3 is 4.74 Å². The van der Waals surface area contributed by atoms with Gasteiger partial charge in [0.15, 0.2) is 0 Å². The summed E-state index contributed by atoms with van der Waals surface area (Å²) in [6.45, 7) is 1.43. The molecular weight excluding hydrogens is 209 g/mol. The van der Waals surface area contributed by atoms with E-state index in [1.165, 1.54) is 32.2 Å². The molecule has 0 spiro atoms. The molecule has 0 saturated heterocycles. The molecule has 5 heteroatoms. The van der Waals surface area contributed by atoms with Crippen molar-refractivity contribution in [1.82, 2.24) is 0 Å². The fourth-order valence-electron chi connectivity index (χ4n) is 1.24. The number of carbonyl (C=O) groups is 1. The number of hydrogen-bond donors (Lipinski definition) is 0. The van der Waals surface area contributed by atoms with Crippen LogP contribution in [0.5, 0.6) is 5.75 Å². The Morgan fingerprint density at radius 1 is 1.33 bits per heavy atom. The van der Waals surface area contributed by atoms with Crippen molar-refractivity contribution >= 4 is 5.78 Å². The van der Waals surface area contributed by atoms with E-state index in [-0.39, 0.29) is 11.3 Å². The molecule has 1 aromatic carbocycles. The number of hydrogen-bond acceptors (Lipinski definition) is 2. The summed E-state index contributed by atoms with van der Waals surface area (Å²) in [7, 11) is 1.22. The summed E-state index contributed by atoms with van der Waals surface area (Å²) < 4.78 is 41.4. The van der Waals surface area contributed by atoms with Gasteiger partial charge in [0, 0.05) is 0 Å². The summed E-state index contributed by atoms with van der Waals surface area (Å²) in [4.78, 5) is 11.1. The van der Waals surface area contributed by atoms with E-state index in [1.54, 1.807) is 0 Å². The fraction of sp³-hybridized carbons (Fsp3) is 0.300. The van der Waals surface area contributed by atoms with Crippen LogP contribution in [-0.2, 0) is 0 Å². The molecule has 15 heavy (non-hydrogen) atoms. The second-order valence-corrected chi connectivity index (χ2v) is 2.98. The van der Waals surface area contributed by atoms with Gasteiger partial charge in [0.25, 0.3) is 5.78 Å². The van der Waals surface area contributed by atoms with Gasteiger partial charge in [-0.05, 0) is 18.6 Å². The van der Waals surface area contributed by atoms with Crippen LogP contribution in [0.2, 0.25) is 0 Å². The van der Waals surface area contributed by atoms with E-state index >= 15 is 0 Å². The first-order valence-corrected chi connectivity index (χ1v) is 4.13. The Kier molecular flexibility index (Phi) is 3.02. The number of benzene rings is 1. The molecule has 1 aromatic rings. The molecule has 0 aliphatic heterocycles. The number of ketones is 1. The summed E-state index contributed by atoms with van der Waals surface area (Å²) >= 11 is 0. The van der Waals surface area contributed by atoms with E-state index in [4.69, 9.17) is 4.74 Å². The standard InChI is InChI=1S/C10H9F3O2/c1-6-4-3-5-7(15-2)8(6)9(14)10(11,12)13/h3-5H,1-2H3. The number of Topliss-reactive ketones (excluding diaryl/α,β-unsaturated/α-hetero) is 1. The Balaban J connectivity index is 3.30. The van der Waals surface area contributed by atoms with Gasteiger partial charge in [0.1, 0.15) is 5.75 Å². The minimum Gasteiger partial charge on any atom is -0.496 e. The molecule has 0 unspecified atom stereocenters. The van der Waals surface area contributed by atoms with Crippen LogP contribution in [0.25, 0.3) is 0 Å². The van der Waals surface area contributed by atoms with Crippen LogP contribution >= 0.6 is 0 Å². The second kappa shape index (κ2) is 3.92. The normalized spacial score (nSPS) is 11.3. The molecule has 0 amide bonds. The minimum absolute atomic E-state index is 0.0580. The van der Waals surface area contributed by atoms with Crippen LogP contribution in [0.1, 0.15) is 15.9 Å². The van der Waals surface area contributed by atoms with Gasteiger partial charge >= 0.3 is 6.18 Å². The summed E-state index contributed by atoms with van der Waals surface area (Å²) in [5.41, 5.74) is -0.177. The van der Waals surface area contributed by atoms with Crippen LogP contribution in [-0.4, -0.2) is 19.1 Å². The molecule has 0 bridgehead atoms. The van der Waals surface area contributed by atoms with Crippen LogP contribution in [0.15, 0.2) is 18.2 Å². The summed E-state index contributed by atoms with van der Waals surface area (Å²) in [6.07, 6.45) is -4.88. The molecule has 0 fully saturated rings. The highest BCUT2D eigenvalue weighted by Crippen LogP contribution is 2.29. The van der Waals surface area contributed by atoms with Gasteiger partial charge in [-0.1, -0.05) is 12.1 Å². The largest absolute Gasteiger partial charge is 0.496 e. The Morgan fingerprint density at radius 3 is 2.40 bits per heavy atom. The monoisotopic (exact) mass is 218 g/mol. The SMILES string of the molecule is COc1cccc(C)c1C(=O)C(F)(F)F. The molecule has 0 aliphatic rings. The third-order valence-electron chi connectivity index (χ3n) is 1.94. The van der Waals surface area contributed by atoms with E-state index in [0.29, 0.717) is 0 Å². The van der Waals surface area contributed by atoms with Crippen molar-refractivity contribution in [3.8, 4) is 5.75 Å². The number of methoxy groups -OCH3 is 1. The first-order chi connectivity index (χ1) is 6.88. The molecule has 82 valence electrons. The Bertz CT molecular complexity index is 383. The third-order valence-corrected chi connectivity index (χ3v) is 1.94. The van der Waals surface area contributed by atoms with E-state index in [1.807, 2.05) is 0 Å². The van der Waals surface area contributed by atoms with E-state index < -0.39 is 17.5 Å². The predicted octanol–water partition coefficient (Wildman–Crippen LogP) is 2.75. The van der Waals surface area contributed by atoms with Gasteiger partial charge in [0.2, 0.25) is 0 Å². The lowest BCUT2D eigenvalue weighted by molar-refractivity contribution is -0.0887. The Hall–Kier alpha value is -1.52. The molecule has 0 radical (unpaired) electrons. The van der Waals surface area contributed by atoms with Gasteiger partial charge in [-0.3, -0.25) is 4.79 Å². The summed E-state index contributed by atoms with van der Waals surface area (Å²) in [5.74, 6) is -1.94. The van der Waals surface area contributed by atoms with Crippen molar-refractivity contribution < 1.29 is 22.7 Å². The maximum absolute atomic E-state index is 12.2. The third kappa shape index (κ3) is 2.29. The molecule has 0 aliphatic carbocycles. The number of rotatable bonds is 2. The van der Waals surface area contributed by atoms with Crippen molar-refractivity contribution in [3.63, 3.8) is 0 Å². The first-order valence-electron chi connectivity index (χ1n) is 4.13. The highest BCUT2D eigenvalue weighted by Gasteiger charge is 2.41. The van der Waals surface area contributed by atoms with Crippen molar-refractivity contribution in [2.75, 3.05) is 7.11 Å². The Labute approximate surface area is 84.7 Å². The zero-order valence-corrected chi connectivity index (χ0v) is 8.18. The van der Waals surface area contributed by atoms with Crippen molar-refractivity contribution in [1.29, 1.82) is 0 Å². The number of ether oxygens (including phenoxy) is 1. The summed E-state index contributed by atoms with van der Waals surface area (Å²) in [6, 6.07) is 4.29. The van der Waals surface area contributed by atoms with Gasteiger partial charge in [-0.25, -0.2) is 0 Å². The van der Waals surface area contributed by atoms with Crippen molar-refractivity contribution in [2.24, 2.45) is 0 Å². The molecule has 0 saturated carbocycles. The van der Waals surface area contributed by atoms with Crippen LogP contribution in [0.4, 0.5) is 13.2 Å². The predicted molar refractivity (Wildman–Crippen MR) is 48.1 cm³/mol. The highest BCUT2D eigenvalue weighted by molar-refractivity contribution is 6.03. The molecule has 0 heterocycles. The first kappa shape index (κ1) is 11.6. The smallest absolute Gasteiger partial charge is 0.455 e. The average molecular weight is 218 g/mol. The second-order valence-electron chi connectivity index (χ2n) is 2.98. The number of carbonyl (C=O) groups excluding carboxylic acids is 1. The van der Waals surface area contributed by atoms with Crippen LogP contribution < -0.4 is 4.74 Å². The van der Waals surface area contributed by atoms with Crippen molar-refractivity contribution in [2.45, 2.75) is 13.1 Å². The van der Waals surface area contributed by atoms with E-state index in [9.17, 15) is 18.0 Å². The molecule has 0 N–H and O–H groups in total. The minimum atomic E-state index is -4.88. The number of alkyl halides is 3. The zero-order chi connectivity index (χ0) is 11.6. The van der Waals surface area contributed by atoms with E-state index in [0.717, 1.165) is 0 Å². The molecule has 0 atom stereocenters. The molecular formula is C10H9F3O2. The highest BCUT2D eigenvalue weighted by atomic mass is 19.4. The number of halogens is 3. The Morgan fingerprint density at radius 2 is 1.93 bits per heavy atom. The summed E-state index contributed by atoms with van der Waals surface area (Å²) in [5, 5.41) is 0. The fourth-order valence-corrected chi connectivity index (χ4v) is 1.24. The molecule has 2 nitrogen and oxygen atoms in total. The molecule has 1 rings (SSSR count). The lowest BCUT2D eigenvalue weighted by atomic mass is 10.0. The van der Waals surface area contributed by atoms with Crippen LogP contribution in [0.3, 0.4) is 0 Å². The van der Waals surface area contributed by atoms with Gasteiger partial charge in [0.05, 0.1) is 12.7 Å².